The number of nitrogens with one attached hydrogen (secondary N) is 1. The third kappa shape index (κ3) is 2.83. The van der Waals surface area contributed by atoms with Crippen LogP contribution in [0.1, 0.15) is 12.5 Å². The van der Waals surface area contributed by atoms with E-state index >= 15 is 0 Å². The van der Waals surface area contributed by atoms with Crippen LogP contribution < -0.4 is 11.1 Å². The molecule has 0 radical (unpaired) electrons. The van der Waals surface area contributed by atoms with Crippen molar-refractivity contribution in [3.05, 3.63) is 52.5 Å². The molecule has 1 aromatic heterocycles. The number of aromatic nitrogens is 2. The van der Waals surface area contributed by atoms with E-state index in [4.69, 9.17) is 5.73 Å². The van der Waals surface area contributed by atoms with Gasteiger partial charge in [-0.2, -0.15) is 4.98 Å². The Bertz CT molecular complexity index is 801. The van der Waals surface area contributed by atoms with E-state index in [1.165, 1.54) is 5.56 Å². The number of hydrogen-bond donors (Lipinski definition) is 2. The lowest BCUT2D eigenvalue weighted by Gasteiger charge is -2.13. The van der Waals surface area contributed by atoms with Crippen LogP contribution in [0.25, 0.3) is 10.9 Å². The summed E-state index contributed by atoms with van der Waals surface area (Å²) < 4.78 is 1.07. The maximum absolute atomic E-state index is 5.80. The lowest BCUT2D eigenvalue weighted by molar-refractivity contribution is 1.13. The molecule has 2 aromatic carbocycles. The summed E-state index contributed by atoms with van der Waals surface area (Å²) in [6.45, 7) is 2.12. The van der Waals surface area contributed by atoms with Crippen molar-refractivity contribution in [2.24, 2.45) is 0 Å². The number of benzene rings is 2. The Kier molecular flexibility index (Phi) is 3.75. The highest BCUT2D eigenvalue weighted by atomic mass is 79.9. The molecular formula is C16H15BrN4. The lowest BCUT2D eigenvalue weighted by atomic mass is 10.1. The summed E-state index contributed by atoms with van der Waals surface area (Å²) >= 11 is 3.50. The van der Waals surface area contributed by atoms with E-state index in [0.29, 0.717) is 0 Å². The number of para-hydroxylation sites is 1. The number of anilines is 3. The molecule has 0 amide bonds. The topological polar surface area (TPSA) is 63.8 Å². The molecule has 0 aliphatic carbocycles. The summed E-state index contributed by atoms with van der Waals surface area (Å²) in [4.78, 5) is 8.59. The Morgan fingerprint density at radius 1 is 1.14 bits per heavy atom. The van der Waals surface area contributed by atoms with Crippen LogP contribution in [-0.4, -0.2) is 9.97 Å². The molecule has 3 aromatic rings. The van der Waals surface area contributed by atoms with E-state index in [1.54, 1.807) is 0 Å². The zero-order valence-electron chi connectivity index (χ0n) is 11.6. The number of aryl methyl sites for hydroxylation is 1. The minimum Gasteiger partial charge on any atom is -0.368 e. The smallest absolute Gasteiger partial charge is 0.222 e. The molecule has 0 saturated heterocycles. The van der Waals surface area contributed by atoms with Gasteiger partial charge in [-0.25, -0.2) is 4.98 Å². The zero-order chi connectivity index (χ0) is 14.8. The van der Waals surface area contributed by atoms with Crippen LogP contribution in [0.15, 0.2) is 46.9 Å². The monoisotopic (exact) mass is 342 g/mol. The van der Waals surface area contributed by atoms with Gasteiger partial charge >= 0.3 is 0 Å². The van der Waals surface area contributed by atoms with Crippen LogP contribution in [0.4, 0.5) is 17.5 Å². The summed E-state index contributed by atoms with van der Waals surface area (Å²) in [6, 6.07) is 14.0. The first-order valence-electron chi connectivity index (χ1n) is 6.75. The summed E-state index contributed by atoms with van der Waals surface area (Å²) in [5, 5.41) is 4.34. The summed E-state index contributed by atoms with van der Waals surface area (Å²) in [5.74, 6) is 1.00. The van der Waals surface area contributed by atoms with Gasteiger partial charge in [0.05, 0.1) is 5.52 Å². The molecule has 0 unspecified atom stereocenters. The number of rotatable bonds is 3. The first-order valence-corrected chi connectivity index (χ1v) is 7.54. The SMILES string of the molecule is CCc1cc(Br)ccc1Nc1nc(N)nc2ccccc12. The first-order chi connectivity index (χ1) is 10.2. The van der Waals surface area contributed by atoms with Gasteiger partial charge in [-0.1, -0.05) is 35.0 Å². The second kappa shape index (κ2) is 5.69. The van der Waals surface area contributed by atoms with Gasteiger partial charge < -0.3 is 11.1 Å². The van der Waals surface area contributed by atoms with Crippen molar-refractivity contribution in [3.63, 3.8) is 0 Å². The van der Waals surface area contributed by atoms with Crippen molar-refractivity contribution in [1.82, 2.24) is 9.97 Å². The van der Waals surface area contributed by atoms with Gasteiger partial charge in [-0.15, -0.1) is 0 Å². The molecule has 0 fully saturated rings. The molecule has 0 spiro atoms. The van der Waals surface area contributed by atoms with Gasteiger partial charge in [0.1, 0.15) is 5.82 Å². The molecular weight excluding hydrogens is 328 g/mol. The average Bonchev–Trinajstić information content (AvgIpc) is 2.48. The van der Waals surface area contributed by atoms with Crippen LogP contribution in [0.5, 0.6) is 0 Å². The number of nitrogens with zero attached hydrogens (tertiary/aromatic N) is 2. The number of hydrogen-bond acceptors (Lipinski definition) is 4. The van der Waals surface area contributed by atoms with Crippen molar-refractivity contribution in [1.29, 1.82) is 0 Å². The quantitative estimate of drug-likeness (QED) is 0.745. The largest absolute Gasteiger partial charge is 0.368 e. The molecule has 0 aliphatic rings. The fourth-order valence-corrected chi connectivity index (χ4v) is 2.70. The standard InChI is InChI=1S/C16H15BrN4/c1-2-10-9-11(17)7-8-13(10)19-15-12-5-3-4-6-14(12)20-16(18)21-15/h3-9H,2H2,1H3,(H3,18,19,20,21). The van der Waals surface area contributed by atoms with Gasteiger partial charge in [0.25, 0.3) is 0 Å². The van der Waals surface area contributed by atoms with Crippen LogP contribution in [0, 0.1) is 0 Å². The Balaban J connectivity index is 2.10. The van der Waals surface area contributed by atoms with E-state index in [1.807, 2.05) is 36.4 Å². The number of fused-ring (bicyclic) bond motifs is 1. The highest BCUT2D eigenvalue weighted by molar-refractivity contribution is 9.10. The maximum Gasteiger partial charge on any atom is 0.222 e. The van der Waals surface area contributed by atoms with Crippen molar-refractivity contribution in [2.45, 2.75) is 13.3 Å². The molecule has 5 heteroatoms. The molecule has 21 heavy (non-hydrogen) atoms. The van der Waals surface area contributed by atoms with Gasteiger partial charge in [0.15, 0.2) is 0 Å². The number of halogens is 1. The molecule has 0 bridgehead atoms. The average molecular weight is 343 g/mol. The Hall–Kier alpha value is -2.14. The van der Waals surface area contributed by atoms with E-state index in [9.17, 15) is 0 Å². The van der Waals surface area contributed by atoms with E-state index in [-0.39, 0.29) is 5.95 Å². The third-order valence-corrected chi connectivity index (χ3v) is 3.82. The zero-order valence-corrected chi connectivity index (χ0v) is 13.2. The Morgan fingerprint density at radius 2 is 1.95 bits per heavy atom. The number of nitrogens with two attached hydrogens (primary N) is 1. The van der Waals surface area contributed by atoms with Gasteiger partial charge in [0, 0.05) is 15.5 Å². The van der Waals surface area contributed by atoms with Crippen LogP contribution in [-0.2, 0) is 6.42 Å². The maximum atomic E-state index is 5.80. The molecule has 106 valence electrons. The van der Waals surface area contributed by atoms with Crippen molar-refractivity contribution in [3.8, 4) is 0 Å². The summed E-state index contributed by atoms with van der Waals surface area (Å²) in [5.41, 5.74) is 8.88. The lowest BCUT2D eigenvalue weighted by Crippen LogP contribution is -2.02. The summed E-state index contributed by atoms with van der Waals surface area (Å²) in [6.07, 6.45) is 0.931. The molecule has 1 heterocycles. The molecule has 3 N–H and O–H groups in total. The predicted octanol–water partition coefficient (Wildman–Crippen LogP) is 4.28. The second-order valence-corrected chi connectivity index (χ2v) is 5.64. The molecule has 0 aliphatic heterocycles. The fourth-order valence-electron chi connectivity index (χ4n) is 2.29. The molecule has 0 atom stereocenters. The highest BCUT2D eigenvalue weighted by Crippen LogP contribution is 2.28. The molecule has 3 rings (SSSR count). The van der Waals surface area contributed by atoms with E-state index in [0.717, 1.165) is 33.3 Å². The number of nitrogen functional groups attached to an aromatic ring is 1. The third-order valence-electron chi connectivity index (χ3n) is 3.32. The van der Waals surface area contributed by atoms with E-state index < -0.39 is 0 Å². The van der Waals surface area contributed by atoms with Crippen molar-refractivity contribution < 1.29 is 0 Å². The first kappa shape index (κ1) is 13.8. The highest BCUT2D eigenvalue weighted by Gasteiger charge is 2.08. The Morgan fingerprint density at radius 3 is 2.76 bits per heavy atom. The second-order valence-electron chi connectivity index (χ2n) is 4.73. The Labute approximate surface area is 131 Å². The predicted molar refractivity (Wildman–Crippen MR) is 90.8 cm³/mol. The minimum atomic E-state index is 0.270. The summed E-state index contributed by atoms with van der Waals surface area (Å²) in [7, 11) is 0. The van der Waals surface area contributed by atoms with Gasteiger partial charge in [0.2, 0.25) is 5.95 Å². The normalized spacial score (nSPS) is 10.8. The van der Waals surface area contributed by atoms with Crippen molar-refractivity contribution >= 4 is 44.3 Å². The van der Waals surface area contributed by atoms with Crippen LogP contribution >= 0.6 is 15.9 Å². The van der Waals surface area contributed by atoms with Gasteiger partial charge in [-0.3, -0.25) is 0 Å². The van der Waals surface area contributed by atoms with Crippen LogP contribution in [0.3, 0.4) is 0 Å². The molecule has 4 nitrogen and oxygen atoms in total. The fraction of sp³-hybridized carbons (Fsp3) is 0.125. The van der Waals surface area contributed by atoms with Gasteiger partial charge in [-0.05, 0) is 42.3 Å². The minimum absolute atomic E-state index is 0.270. The van der Waals surface area contributed by atoms with E-state index in [2.05, 4.69) is 44.2 Å². The molecule has 0 saturated carbocycles. The van der Waals surface area contributed by atoms with Crippen molar-refractivity contribution in [2.75, 3.05) is 11.1 Å². The van der Waals surface area contributed by atoms with Crippen LogP contribution in [0.2, 0.25) is 0 Å².